The number of hydrogen-bond acceptors (Lipinski definition) is 4. The van der Waals surface area contributed by atoms with Gasteiger partial charge in [0.1, 0.15) is 0 Å². The molecule has 3 aromatic carbocycles. The van der Waals surface area contributed by atoms with E-state index in [0.717, 1.165) is 5.56 Å². The maximum Gasteiger partial charge on any atom is 0.264 e. The maximum absolute atomic E-state index is 13.0. The first-order valence-corrected chi connectivity index (χ1v) is 11.0. The minimum Gasteiger partial charge on any atom is -0.326 e. The largest absolute Gasteiger partial charge is 0.326 e. The lowest BCUT2D eigenvalue weighted by atomic mass is 10.1. The maximum atomic E-state index is 13.0. The van der Waals surface area contributed by atoms with Gasteiger partial charge in [0.25, 0.3) is 15.9 Å². The van der Waals surface area contributed by atoms with Gasteiger partial charge in [-0.3, -0.25) is 13.9 Å². The van der Waals surface area contributed by atoms with E-state index in [9.17, 15) is 18.0 Å². The Hall–Kier alpha value is -3.65. The summed E-state index contributed by atoms with van der Waals surface area (Å²) in [6, 6.07) is 19.7. The molecule has 3 rings (SSSR count). The number of nitrogens with zero attached hydrogens (tertiary/aromatic N) is 1. The first kappa shape index (κ1) is 22.0. The van der Waals surface area contributed by atoms with Crippen molar-refractivity contribution >= 4 is 38.9 Å². The molecule has 0 aliphatic rings. The summed E-state index contributed by atoms with van der Waals surface area (Å²) in [5.74, 6) is -0.558. The summed E-state index contributed by atoms with van der Waals surface area (Å²) < 4.78 is 27.1. The molecule has 0 aromatic heterocycles. The van der Waals surface area contributed by atoms with Crippen LogP contribution in [0, 0.1) is 6.92 Å². The molecule has 8 heteroatoms. The highest BCUT2D eigenvalue weighted by molar-refractivity contribution is 7.92. The summed E-state index contributed by atoms with van der Waals surface area (Å²) in [6.45, 7) is 3.20. The first-order valence-electron chi connectivity index (χ1n) is 9.52. The van der Waals surface area contributed by atoms with Crippen LogP contribution in [-0.4, -0.2) is 27.3 Å². The molecule has 0 aliphatic heterocycles. The lowest BCUT2D eigenvalue weighted by Gasteiger charge is -2.22. The molecule has 0 radical (unpaired) electrons. The number of hydrogen-bond donors (Lipinski definition) is 2. The summed E-state index contributed by atoms with van der Waals surface area (Å²) in [5.41, 5.74) is 2.62. The number of rotatable bonds is 6. The third-order valence-electron chi connectivity index (χ3n) is 4.68. The Bertz CT molecular complexity index is 1210. The van der Waals surface area contributed by atoms with Crippen LogP contribution in [0.25, 0.3) is 0 Å². The van der Waals surface area contributed by atoms with Gasteiger partial charge in [-0.1, -0.05) is 24.3 Å². The second-order valence-electron chi connectivity index (χ2n) is 7.00. The van der Waals surface area contributed by atoms with Crippen molar-refractivity contribution in [2.24, 2.45) is 0 Å². The van der Waals surface area contributed by atoms with Crippen LogP contribution in [0.5, 0.6) is 0 Å². The molecule has 0 atom stereocenters. The van der Waals surface area contributed by atoms with Gasteiger partial charge in [0.05, 0.1) is 10.6 Å². The number of sulfonamides is 1. The summed E-state index contributed by atoms with van der Waals surface area (Å²) >= 11 is 0. The van der Waals surface area contributed by atoms with Gasteiger partial charge < -0.3 is 10.6 Å². The quantitative estimate of drug-likeness (QED) is 0.609. The van der Waals surface area contributed by atoms with Gasteiger partial charge >= 0.3 is 0 Å². The molecule has 0 saturated heterocycles. The van der Waals surface area contributed by atoms with Crippen LogP contribution in [0.3, 0.4) is 0 Å². The molecule has 160 valence electrons. The van der Waals surface area contributed by atoms with Crippen LogP contribution < -0.4 is 14.9 Å². The molecule has 0 spiro atoms. The molecule has 31 heavy (non-hydrogen) atoms. The van der Waals surface area contributed by atoms with Gasteiger partial charge in [-0.15, -0.1) is 0 Å². The second-order valence-corrected chi connectivity index (χ2v) is 8.97. The van der Waals surface area contributed by atoms with Crippen molar-refractivity contribution in [1.82, 2.24) is 0 Å². The monoisotopic (exact) mass is 437 g/mol. The Balaban J connectivity index is 1.83. The lowest BCUT2D eigenvalue weighted by molar-refractivity contribution is -0.114. The zero-order valence-electron chi connectivity index (χ0n) is 17.4. The Morgan fingerprint density at radius 1 is 0.839 bits per heavy atom. The van der Waals surface area contributed by atoms with E-state index >= 15 is 0 Å². The number of amides is 2. The van der Waals surface area contributed by atoms with Gasteiger partial charge in [-0.2, -0.15) is 0 Å². The molecular weight excluding hydrogens is 414 g/mol. The van der Waals surface area contributed by atoms with E-state index in [4.69, 9.17) is 0 Å². The Morgan fingerprint density at radius 2 is 1.42 bits per heavy atom. The van der Waals surface area contributed by atoms with Crippen molar-refractivity contribution < 1.29 is 18.0 Å². The Kier molecular flexibility index (Phi) is 6.41. The second kappa shape index (κ2) is 9.01. The lowest BCUT2D eigenvalue weighted by Crippen LogP contribution is -2.27. The van der Waals surface area contributed by atoms with Crippen LogP contribution in [0.4, 0.5) is 17.1 Å². The minimum absolute atomic E-state index is 0.172. The fraction of sp³-hybridized carbons (Fsp3) is 0.130. The number of benzene rings is 3. The van der Waals surface area contributed by atoms with Gasteiger partial charge in [-0.25, -0.2) is 8.42 Å². The highest BCUT2D eigenvalue weighted by Crippen LogP contribution is 2.27. The van der Waals surface area contributed by atoms with Crippen molar-refractivity contribution in [3.8, 4) is 0 Å². The molecule has 0 bridgehead atoms. The van der Waals surface area contributed by atoms with Crippen LogP contribution in [0.1, 0.15) is 22.8 Å². The summed E-state index contributed by atoms with van der Waals surface area (Å²) in [4.78, 5) is 24.0. The van der Waals surface area contributed by atoms with Gasteiger partial charge in [0.2, 0.25) is 5.91 Å². The predicted octanol–water partition coefficient (Wildman–Crippen LogP) is 4.03. The molecule has 0 saturated carbocycles. The van der Waals surface area contributed by atoms with Gasteiger partial charge in [-0.05, 0) is 61.0 Å². The third kappa shape index (κ3) is 5.10. The van der Waals surface area contributed by atoms with Crippen LogP contribution in [0.2, 0.25) is 0 Å². The molecule has 7 nitrogen and oxygen atoms in total. The van der Waals surface area contributed by atoms with E-state index in [1.54, 1.807) is 67.6 Å². The van der Waals surface area contributed by atoms with E-state index in [1.165, 1.54) is 30.4 Å². The molecular formula is C23H23N3O4S. The highest BCUT2D eigenvalue weighted by Gasteiger charge is 2.23. The molecule has 0 aliphatic carbocycles. The molecule has 0 fully saturated rings. The predicted molar refractivity (Wildman–Crippen MR) is 122 cm³/mol. The summed E-state index contributed by atoms with van der Waals surface area (Å²) in [6.07, 6.45) is 0. The SMILES string of the molecule is CC(=O)Nc1ccc(NC(=O)c2ccc(C)c(N(C)S(=O)(=O)c3ccccc3)c2)cc1. The smallest absolute Gasteiger partial charge is 0.264 e. The van der Waals surface area contributed by atoms with Gasteiger partial charge in [0, 0.05) is 30.9 Å². The number of aryl methyl sites for hydroxylation is 1. The zero-order valence-corrected chi connectivity index (χ0v) is 18.2. The Labute approximate surface area is 181 Å². The van der Waals surface area contributed by atoms with Crippen LogP contribution in [0.15, 0.2) is 77.7 Å². The van der Waals surface area contributed by atoms with E-state index in [2.05, 4.69) is 10.6 Å². The van der Waals surface area contributed by atoms with Gasteiger partial charge in [0.15, 0.2) is 0 Å². The normalized spacial score (nSPS) is 10.9. The molecule has 3 aromatic rings. The number of carbonyl (C=O) groups excluding carboxylic acids is 2. The minimum atomic E-state index is -3.76. The fourth-order valence-electron chi connectivity index (χ4n) is 3.01. The number of nitrogens with one attached hydrogen (secondary N) is 2. The summed E-state index contributed by atoms with van der Waals surface area (Å²) in [5, 5.41) is 5.43. The third-order valence-corrected chi connectivity index (χ3v) is 6.46. The van der Waals surface area contributed by atoms with Crippen molar-refractivity contribution in [1.29, 1.82) is 0 Å². The van der Waals surface area contributed by atoms with Crippen LogP contribution in [-0.2, 0) is 14.8 Å². The van der Waals surface area contributed by atoms with Crippen LogP contribution >= 0.6 is 0 Å². The highest BCUT2D eigenvalue weighted by atomic mass is 32.2. The van der Waals surface area contributed by atoms with Crippen molar-refractivity contribution in [2.75, 3.05) is 22.0 Å². The molecule has 0 unspecified atom stereocenters. The van der Waals surface area contributed by atoms with E-state index in [1.807, 2.05) is 0 Å². The van der Waals surface area contributed by atoms with E-state index in [-0.39, 0.29) is 16.7 Å². The van der Waals surface area contributed by atoms with E-state index < -0.39 is 10.0 Å². The standard InChI is InChI=1S/C23H23N3O4S/c1-16-9-10-18(23(28)25-20-13-11-19(12-14-20)24-17(2)27)15-22(16)26(3)31(29,30)21-7-5-4-6-8-21/h4-15H,1-3H3,(H,24,27)(H,25,28). The fourth-order valence-corrected chi connectivity index (χ4v) is 4.29. The van der Waals surface area contributed by atoms with Crippen molar-refractivity contribution in [3.05, 3.63) is 83.9 Å². The summed E-state index contributed by atoms with van der Waals surface area (Å²) in [7, 11) is -2.30. The topological polar surface area (TPSA) is 95.6 Å². The van der Waals surface area contributed by atoms with E-state index in [0.29, 0.717) is 22.6 Å². The average molecular weight is 438 g/mol. The first-order chi connectivity index (χ1) is 14.7. The average Bonchev–Trinajstić information content (AvgIpc) is 2.75. The zero-order chi connectivity index (χ0) is 22.6. The number of anilines is 3. The number of carbonyl (C=O) groups is 2. The Morgan fingerprint density at radius 3 is 2.00 bits per heavy atom. The van der Waals surface area contributed by atoms with Crippen molar-refractivity contribution in [3.63, 3.8) is 0 Å². The molecule has 2 N–H and O–H groups in total. The molecule has 2 amide bonds. The van der Waals surface area contributed by atoms with Crippen molar-refractivity contribution in [2.45, 2.75) is 18.7 Å². The molecule has 0 heterocycles.